The highest BCUT2D eigenvalue weighted by molar-refractivity contribution is 6.06. The van der Waals surface area contributed by atoms with Gasteiger partial charge in [-0.25, -0.2) is 0 Å². The fourth-order valence-corrected chi connectivity index (χ4v) is 2.00. The summed E-state index contributed by atoms with van der Waals surface area (Å²) in [7, 11) is 0. The van der Waals surface area contributed by atoms with Crippen molar-refractivity contribution in [1.82, 2.24) is 0 Å². The SMILES string of the molecule is O=C(O)C1Cc2cc3c(cc2NC1=O)OCO3. The van der Waals surface area contributed by atoms with E-state index in [1.807, 2.05) is 0 Å². The van der Waals surface area contributed by atoms with Gasteiger partial charge in [-0.05, 0) is 18.1 Å². The molecule has 6 nitrogen and oxygen atoms in total. The van der Waals surface area contributed by atoms with Crippen LogP contribution in [0.2, 0.25) is 0 Å². The molecule has 1 unspecified atom stereocenters. The maximum absolute atomic E-state index is 11.5. The van der Waals surface area contributed by atoms with Crippen molar-refractivity contribution in [3.8, 4) is 11.5 Å². The van der Waals surface area contributed by atoms with Crippen molar-refractivity contribution in [3.63, 3.8) is 0 Å². The van der Waals surface area contributed by atoms with Gasteiger partial charge in [0.05, 0.1) is 0 Å². The lowest BCUT2D eigenvalue weighted by Gasteiger charge is -2.22. The van der Waals surface area contributed by atoms with Crippen LogP contribution in [-0.4, -0.2) is 23.8 Å². The molecule has 2 aliphatic rings. The minimum Gasteiger partial charge on any atom is -0.481 e. The largest absolute Gasteiger partial charge is 0.481 e. The summed E-state index contributed by atoms with van der Waals surface area (Å²) >= 11 is 0. The Bertz CT molecular complexity index is 525. The first kappa shape index (κ1) is 9.95. The van der Waals surface area contributed by atoms with Crippen LogP contribution >= 0.6 is 0 Å². The Balaban J connectivity index is 2.02. The fraction of sp³-hybridized carbons (Fsp3) is 0.273. The van der Waals surface area contributed by atoms with Crippen molar-refractivity contribution in [3.05, 3.63) is 17.7 Å². The number of nitrogens with one attached hydrogen (secondary N) is 1. The molecule has 0 radical (unpaired) electrons. The number of hydrogen-bond acceptors (Lipinski definition) is 4. The van der Waals surface area contributed by atoms with Crippen LogP contribution in [0.3, 0.4) is 0 Å². The second kappa shape index (κ2) is 3.38. The second-order valence-corrected chi connectivity index (χ2v) is 3.95. The van der Waals surface area contributed by atoms with Crippen LogP contribution in [0.15, 0.2) is 12.1 Å². The first-order valence-corrected chi connectivity index (χ1v) is 5.11. The van der Waals surface area contributed by atoms with Crippen LogP contribution in [0.1, 0.15) is 5.56 Å². The van der Waals surface area contributed by atoms with Gasteiger partial charge in [0.1, 0.15) is 5.92 Å². The summed E-state index contributed by atoms with van der Waals surface area (Å²) in [6.07, 6.45) is 0.174. The average Bonchev–Trinajstić information content (AvgIpc) is 2.71. The van der Waals surface area contributed by atoms with Crippen LogP contribution in [0.25, 0.3) is 0 Å². The summed E-state index contributed by atoms with van der Waals surface area (Å²) in [5, 5.41) is 11.5. The van der Waals surface area contributed by atoms with Crippen LogP contribution in [0.4, 0.5) is 5.69 Å². The Kier molecular flexibility index (Phi) is 1.98. The van der Waals surface area contributed by atoms with Crippen LogP contribution < -0.4 is 14.8 Å². The summed E-state index contributed by atoms with van der Waals surface area (Å²) < 4.78 is 10.4. The molecule has 0 bridgehead atoms. The lowest BCUT2D eigenvalue weighted by atomic mass is 9.93. The highest BCUT2D eigenvalue weighted by atomic mass is 16.7. The van der Waals surface area contributed by atoms with Crippen LogP contribution in [0, 0.1) is 5.92 Å². The number of rotatable bonds is 1. The molecule has 1 atom stereocenters. The maximum atomic E-state index is 11.5. The van der Waals surface area contributed by atoms with Gasteiger partial charge in [0, 0.05) is 11.8 Å². The third-order valence-corrected chi connectivity index (χ3v) is 2.89. The summed E-state index contributed by atoms with van der Waals surface area (Å²) in [5.41, 5.74) is 1.35. The number of fused-ring (bicyclic) bond motifs is 2. The quantitative estimate of drug-likeness (QED) is 0.696. The number of aliphatic carboxylic acids is 1. The summed E-state index contributed by atoms with van der Waals surface area (Å²) in [5.74, 6) is -1.50. The lowest BCUT2D eigenvalue weighted by molar-refractivity contribution is -0.145. The van der Waals surface area contributed by atoms with E-state index in [-0.39, 0.29) is 13.2 Å². The number of amides is 1. The van der Waals surface area contributed by atoms with Crippen LogP contribution in [-0.2, 0) is 16.0 Å². The van der Waals surface area contributed by atoms with Crippen LogP contribution in [0.5, 0.6) is 11.5 Å². The fourth-order valence-electron chi connectivity index (χ4n) is 2.00. The van der Waals surface area contributed by atoms with Crippen molar-refractivity contribution in [1.29, 1.82) is 0 Å². The van der Waals surface area contributed by atoms with Crippen molar-refractivity contribution in [2.24, 2.45) is 5.92 Å². The highest BCUT2D eigenvalue weighted by Gasteiger charge is 2.33. The first-order chi connectivity index (χ1) is 8.15. The molecule has 1 aromatic rings. The van der Waals surface area contributed by atoms with E-state index < -0.39 is 17.8 Å². The first-order valence-electron chi connectivity index (χ1n) is 5.11. The lowest BCUT2D eigenvalue weighted by Crippen LogP contribution is -2.35. The smallest absolute Gasteiger partial charge is 0.316 e. The minimum absolute atomic E-state index is 0.147. The van der Waals surface area contributed by atoms with E-state index in [0.717, 1.165) is 5.56 Å². The van der Waals surface area contributed by atoms with Gasteiger partial charge in [0.15, 0.2) is 11.5 Å². The standard InChI is InChI=1S/C11H9NO5/c13-10-6(11(14)15)1-5-2-8-9(17-4-16-8)3-7(5)12-10/h2-3,6H,1,4H2,(H,12,13)(H,14,15). The van der Waals surface area contributed by atoms with E-state index in [2.05, 4.69) is 5.32 Å². The molecule has 2 aliphatic heterocycles. The number of benzene rings is 1. The molecule has 6 heteroatoms. The minimum atomic E-state index is -1.12. The zero-order valence-electron chi connectivity index (χ0n) is 8.73. The molecular formula is C11H9NO5. The number of carbonyl (C=O) groups excluding carboxylic acids is 1. The van der Waals surface area contributed by atoms with E-state index in [1.54, 1.807) is 12.1 Å². The molecule has 0 fully saturated rings. The third kappa shape index (κ3) is 1.49. The topological polar surface area (TPSA) is 84.9 Å². The monoisotopic (exact) mass is 235 g/mol. The summed E-state index contributed by atoms with van der Waals surface area (Å²) in [6, 6.07) is 3.38. The molecule has 1 aromatic carbocycles. The number of carbonyl (C=O) groups is 2. The number of anilines is 1. The Morgan fingerprint density at radius 1 is 1.35 bits per heavy atom. The molecule has 3 rings (SSSR count). The summed E-state index contributed by atoms with van der Waals surface area (Å²) in [6.45, 7) is 0.147. The van der Waals surface area contributed by atoms with Gasteiger partial charge in [-0.1, -0.05) is 0 Å². The molecule has 17 heavy (non-hydrogen) atoms. The zero-order valence-corrected chi connectivity index (χ0v) is 8.73. The van der Waals surface area contributed by atoms with E-state index in [4.69, 9.17) is 14.6 Å². The zero-order chi connectivity index (χ0) is 12.0. The van der Waals surface area contributed by atoms with Gasteiger partial charge < -0.3 is 19.9 Å². The third-order valence-electron chi connectivity index (χ3n) is 2.89. The molecule has 0 saturated heterocycles. The molecule has 0 aromatic heterocycles. The van der Waals surface area contributed by atoms with E-state index in [1.165, 1.54) is 0 Å². The summed E-state index contributed by atoms with van der Waals surface area (Å²) in [4.78, 5) is 22.4. The second-order valence-electron chi connectivity index (χ2n) is 3.95. The molecule has 0 aliphatic carbocycles. The Labute approximate surface area is 96.1 Å². The van der Waals surface area contributed by atoms with Gasteiger partial charge in [-0.3, -0.25) is 9.59 Å². The van der Waals surface area contributed by atoms with E-state index in [9.17, 15) is 9.59 Å². The van der Waals surface area contributed by atoms with Gasteiger partial charge >= 0.3 is 5.97 Å². The Morgan fingerprint density at radius 2 is 2.06 bits per heavy atom. The number of carboxylic acid groups (broad SMARTS) is 1. The van der Waals surface area contributed by atoms with Gasteiger partial charge in [0.25, 0.3) is 0 Å². The van der Waals surface area contributed by atoms with Crippen molar-refractivity contribution >= 4 is 17.6 Å². The molecule has 2 heterocycles. The van der Waals surface area contributed by atoms with Crippen molar-refractivity contribution < 1.29 is 24.2 Å². The molecule has 88 valence electrons. The normalized spacial score (nSPS) is 20.7. The highest BCUT2D eigenvalue weighted by Crippen LogP contribution is 2.39. The Hall–Kier alpha value is -2.24. The van der Waals surface area contributed by atoms with E-state index in [0.29, 0.717) is 17.2 Å². The number of ether oxygens (including phenoxy) is 2. The molecular weight excluding hydrogens is 226 g/mol. The molecule has 2 N–H and O–H groups in total. The van der Waals surface area contributed by atoms with Crippen molar-refractivity contribution in [2.45, 2.75) is 6.42 Å². The van der Waals surface area contributed by atoms with Gasteiger partial charge in [-0.2, -0.15) is 0 Å². The van der Waals surface area contributed by atoms with E-state index >= 15 is 0 Å². The predicted molar refractivity (Wildman–Crippen MR) is 56.0 cm³/mol. The van der Waals surface area contributed by atoms with Gasteiger partial charge in [0.2, 0.25) is 12.7 Å². The molecule has 0 spiro atoms. The number of carboxylic acids is 1. The number of hydrogen-bond donors (Lipinski definition) is 2. The molecule has 1 amide bonds. The maximum Gasteiger partial charge on any atom is 0.316 e. The Morgan fingerprint density at radius 3 is 2.76 bits per heavy atom. The predicted octanol–water partition coefficient (Wildman–Crippen LogP) is 0.611. The molecule has 0 saturated carbocycles. The average molecular weight is 235 g/mol. The van der Waals surface area contributed by atoms with Gasteiger partial charge in [-0.15, -0.1) is 0 Å². The van der Waals surface area contributed by atoms with Crippen molar-refractivity contribution in [2.75, 3.05) is 12.1 Å².